The second kappa shape index (κ2) is 5.01. The minimum atomic E-state index is -0.878. The van der Waals surface area contributed by atoms with Crippen LogP contribution in [0.15, 0.2) is 0 Å². The van der Waals surface area contributed by atoms with Crippen LogP contribution in [0.2, 0.25) is 0 Å². The van der Waals surface area contributed by atoms with Crippen molar-refractivity contribution >= 4 is 5.78 Å². The molecule has 3 saturated carbocycles. The molecule has 4 aliphatic rings. The van der Waals surface area contributed by atoms with Crippen molar-refractivity contribution < 1.29 is 24.4 Å². The highest BCUT2D eigenvalue weighted by molar-refractivity contribution is 5.90. The number of ketones is 1. The van der Waals surface area contributed by atoms with E-state index >= 15 is 0 Å². The summed E-state index contributed by atoms with van der Waals surface area (Å²) in [5, 5.41) is 8.91. The van der Waals surface area contributed by atoms with Gasteiger partial charge in [-0.15, -0.1) is 0 Å². The number of rotatable bonds is 3. The van der Waals surface area contributed by atoms with Crippen LogP contribution in [-0.4, -0.2) is 35.5 Å². The van der Waals surface area contributed by atoms with Crippen molar-refractivity contribution in [3.63, 3.8) is 0 Å². The lowest BCUT2D eigenvalue weighted by Crippen LogP contribution is -2.67. The van der Waals surface area contributed by atoms with Gasteiger partial charge in [-0.2, -0.15) is 0 Å². The van der Waals surface area contributed by atoms with Crippen LogP contribution in [0.1, 0.15) is 52.9 Å². The predicted octanol–water partition coefficient (Wildman–Crippen LogP) is 2.22. The summed E-state index contributed by atoms with van der Waals surface area (Å²) in [6, 6.07) is 0. The minimum absolute atomic E-state index is 0.0552. The van der Waals surface area contributed by atoms with Crippen molar-refractivity contribution in [3.8, 4) is 0 Å². The van der Waals surface area contributed by atoms with Crippen LogP contribution < -0.4 is 0 Å². The summed E-state index contributed by atoms with van der Waals surface area (Å²) in [7, 11) is 0. The maximum Gasteiger partial charge on any atom is 0.198 e. The van der Waals surface area contributed by atoms with Gasteiger partial charge >= 0.3 is 0 Å². The molecule has 4 rings (SSSR count). The van der Waals surface area contributed by atoms with Crippen molar-refractivity contribution in [2.45, 2.75) is 64.3 Å². The lowest BCUT2D eigenvalue weighted by atomic mass is 9.43. The van der Waals surface area contributed by atoms with E-state index in [0.29, 0.717) is 25.2 Å². The molecular weight excluding hydrogens is 272 g/mol. The van der Waals surface area contributed by atoms with Gasteiger partial charge in [0.05, 0.1) is 13.2 Å². The highest BCUT2D eigenvalue weighted by Gasteiger charge is 2.67. The van der Waals surface area contributed by atoms with E-state index < -0.39 is 11.4 Å². The third kappa shape index (κ3) is 2.25. The molecule has 0 radical (unpaired) electrons. The molecule has 1 aliphatic heterocycles. The molecule has 1 N–H and O–H groups in total. The Morgan fingerprint density at radius 2 is 2.05 bits per heavy atom. The normalized spacial score (nSPS) is 45.2. The number of ether oxygens (including phenoxy) is 1. The van der Waals surface area contributed by atoms with Crippen molar-refractivity contribution in [2.75, 3.05) is 13.2 Å². The van der Waals surface area contributed by atoms with Gasteiger partial charge in [-0.3, -0.25) is 4.79 Å². The topological polar surface area (TPSA) is 65.0 Å². The second-order valence-electron chi connectivity index (χ2n) is 7.55. The van der Waals surface area contributed by atoms with Crippen LogP contribution in [0, 0.1) is 17.3 Å². The summed E-state index contributed by atoms with van der Waals surface area (Å²) in [5.41, 5.74) is -0.650. The fourth-order valence-corrected chi connectivity index (χ4v) is 4.44. The van der Waals surface area contributed by atoms with Crippen LogP contribution in [0.4, 0.5) is 0 Å². The first kappa shape index (κ1) is 15.4. The van der Waals surface area contributed by atoms with Crippen molar-refractivity contribution in [1.29, 1.82) is 0 Å². The van der Waals surface area contributed by atoms with Gasteiger partial charge in [0.1, 0.15) is 0 Å². The molecule has 1 spiro atoms. The van der Waals surface area contributed by atoms with Gasteiger partial charge in [-0.1, -0.05) is 13.8 Å². The molecular formula is C16H26O5. The van der Waals surface area contributed by atoms with E-state index in [1.165, 1.54) is 0 Å². The molecule has 0 aromatic heterocycles. The summed E-state index contributed by atoms with van der Waals surface area (Å²) in [5.74, 6) is 0.0347. The Hall–Kier alpha value is -0.490. The van der Waals surface area contributed by atoms with Crippen LogP contribution in [0.3, 0.4) is 0 Å². The molecule has 1 saturated heterocycles. The van der Waals surface area contributed by atoms with E-state index in [2.05, 4.69) is 13.8 Å². The summed E-state index contributed by atoms with van der Waals surface area (Å²) in [6.45, 7) is 6.42. The van der Waals surface area contributed by atoms with Crippen molar-refractivity contribution in [2.24, 2.45) is 17.3 Å². The fourth-order valence-electron chi connectivity index (χ4n) is 4.44. The first-order valence-corrected chi connectivity index (χ1v) is 7.99. The Morgan fingerprint density at radius 1 is 1.29 bits per heavy atom. The number of carbonyl (C=O) groups excluding carboxylic acids is 1. The number of fused-ring (bicyclic) bond motifs is 1. The van der Waals surface area contributed by atoms with Gasteiger partial charge in [-0.05, 0) is 37.5 Å². The molecule has 5 heteroatoms. The number of aliphatic hydroxyl groups excluding tert-OH is 1. The number of aliphatic hydroxyl groups is 1. The standard InChI is InChI=1S/C16H26O5/c1-14(2)11-9-12(14)16(13(18)10-11)6-4-5-15(3,20-21-16)19-8-7-17/h11-12,17H,4-10H2,1-3H3/t11-,12-,15-,16-/m1/s1. The maximum atomic E-state index is 12.6. The molecule has 2 bridgehead atoms. The molecule has 1 heterocycles. The van der Waals surface area contributed by atoms with Gasteiger partial charge in [0, 0.05) is 18.8 Å². The third-order valence-corrected chi connectivity index (χ3v) is 5.98. The van der Waals surface area contributed by atoms with Crippen LogP contribution in [0.5, 0.6) is 0 Å². The van der Waals surface area contributed by atoms with Crippen molar-refractivity contribution in [3.05, 3.63) is 0 Å². The number of hydrogen-bond donors (Lipinski definition) is 1. The van der Waals surface area contributed by atoms with E-state index in [-0.39, 0.29) is 30.3 Å². The minimum Gasteiger partial charge on any atom is -0.394 e. The van der Waals surface area contributed by atoms with Crippen LogP contribution >= 0.6 is 0 Å². The Labute approximate surface area is 125 Å². The largest absolute Gasteiger partial charge is 0.394 e. The number of Topliss-reactive ketones (excluding diaryl/α,β-unsaturated/α-hetero) is 1. The molecule has 21 heavy (non-hydrogen) atoms. The van der Waals surface area contributed by atoms with Gasteiger partial charge in [-0.25, -0.2) is 9.78 Å². The number of carbonyl (C=O) groups is 1. The lowest BCUT2D eigenvalue weighted by Gasteiger charge is -2.62. The Kier molecular flexibility index (Phi) is 3.68. The summed E-state index contributed by atoms with van der Waals surface area (Å²) in [6.07, 6.45) is 3.84. The molecule has 5 nitrogen and oxygen atoms in total. The molecule has 3 aliphatic carbocycles. The smallest absolute Gasteiger partial charge is 0.198 e. The Bertz CT molecular complexity index is 434. The molecule has 120 valence electrons. The predicted molar refractivity (Wildman–Crippen MR) is 75.2 cm³/mol. The molecule has 4 fully saturated rings. The Morgan fingerprint density at radius 3 is 2.71 bits per heavy atom. The maximum absolute atomic E-state index is 12.6. The summed E-state index contributed by atoms with van der Waals surface area (Å²) in [4.78, 5) is 24.0. The van der Waals surface area contributed by atoms with Gasteiger partial charge < -0.3 is 9.84 Å². The highest BCUT2D eigenvalue weighted by atomic mass is 17.2. The zero-order valence-electron chi connectivity index (χ0n) is 13.2. The lowest BCUT2D eigenvalue weighted by molar-refractivity contribution is -0.463. The highest BCUT2D eigenvalue weighted by Crippen LogP contribution is 2.64. The van der Waals surface area contributed by atoms with Gasteiger partial charge in [0.2, 0.25) is 0 Å². The zero-order chi connectivity index (χ0) is 15.3. The molecule has 0 aromatic carbocycles. The van der Waals surface area contributed by atoms with Crippen LogP contribution in [0.25, 0.3) is 0 Å². The molecule has 4 atom stereocenters. The SMILES string of the molecule is CC1(C)[C@H]2CC(=O)[C@@]3(CCC[C@](C)(OCCO)OO3)[C@@H]1C2. The third-order valence-electron chi connectivity index (χ3n) is 5.98. The van der Waals surface area contributed by atoms with E-state index in [9.17, 15) is 4.79 Å². The zero-order valence-corrected chi connectivity index (χ0v) is 13.2. The monoisotopic (exact) mass is 298 g/mol. The molecule has 0 aromatic rings. The van der Waals surface area contributed by atoms with E-state index in [0.717, 1.165) is 12.8 Å². The molecule has 0 amide bonds. The van der Waals surface area contributed by atoms with Crippen molar-refractivity contribution in [1.82, 2.24) is 0 Å². The van der Waals surface area contributed by atoms with E-state index in [4.69, 9.17) is 19.6 Å². The second-order valence-corrected chi connectivity index (χ2v) is 7.55. The quantitative estimate of drug-likeness (QED) is 0.809. The van der Waals surface area contributed by atoms with Gasteiger partial charge in [0.15, 0.2) is 17.2 Å². The summed E-state index contributed by atoms with van der Waals surface area (Å²) < 4.78 is 5.56. The Balaban J connectivity index is 1.78. The number of hydrogen-bond acceptors (Lipinski definition) is 5. The van der Waals surface area contributed by atoms with Crippen LogP contribution in [-0.2, 0) is 19.3 Å². The first-order chi connectivity index (χ1) is 9.84. The fraction of sp³-hybridized carbons (Fsp3) is 0.938. The average molecular weight is 298 g/mol. The van der Waals surface area contributed by atoms with Gasteiger partial charge in [0.25, 0.3) is 0 Å². The van der Waals surface area contributed by atoms with E-state index in [1.807, 2.05) is 6.92 Å². The first-order valence-electron chi connectivity index (χ1n) is 7.99. The van der Waals surface area contributed by atoms with E-state index in [1.54, 1.807) is 0 Å². The molecule has 0 unspecified atom stereocenters. The average Bonchev–Trinajstić information content (AvgIpc) is 2.60. The summed E-state index contributed by atoms with van der Waals surface area (Å²) >= 11 is 0.